The summed E-state index contributed by atoms with van der Waals surface area (Å²) in [6.07, 6.45) is 12.6. The molecular weight excluding hydrogens is 334 g/mol. The number of unbranched alkanes of at least 4 members (excludes halogenated alkanes) is 1. The van der Waals surface area contributed by atoms with Gasteiger partial charge in [0.2, 0.25) is 0 Å². The molecular formula is C20H22ClN3O. The van der Waals surface area contributed by atoms with E-state index in [1.165, 1.54) is 0 Å². The Kier molecular flexibility index (Phi) is 6.07. The number of nitrogens with zero attached hydrogens (tertiary/aromatic N) is 3. The van der Waals surface area contributed by atoms with Crippen molar-refractivity contribution in [1.29, 1.82) is 0 Å². The average molecular weight is 356 g/mol. The maximum atomic E-state index is 6.08. The quantitative estimate of drug-likeness (QED) is 0.551. The van der Waals surface area contributed by atoms with Gasteiger partial charge >= 0.3 is 0 Å². The SMILES string of the molecule is CCCCC(c1ccncc1OCc1ccc(Cl)cc1)n1ccnc1. The summed E-state index contributed by atoms with van der Waals surface area (Å²) in [5.41, 5.74) is 2.21. The summed E-state index contributed by atoms with van der Waals surface area (Å²) in [6.45, 7) is 2.69. The predicted octanol–water partition coefficient (Wildman–Crippen LogP) is 5.29. The number of hydrogen-bond acceptors (Lipinski definition) is 3. The van der Waals surface area contributed by atoms with Gasteiger partial charge in [0, 0.05) is 29.2 Å². The minimum Gasteiger partial charge on any atom is -0.487 e. The van der Waals surface area contributed by atoms with Gasteiger partial charge in [0.1, 0.15) is 12.4 Å². The fourth-order valence-corrected chi connectivity index (χ4v) is 2.97. The summed E-state index contributed by atoms with van der Waals surface area (Å²) < 4.78 is 8.22. The molecule has 0 radical (unpaired) electrons. The molecule has 0 aliphatic heterocycles. The van der Waals surface area contributed by atoms with Crippen LogP contribution in [-0.2, 0) is 6.61 Å². The van der Waals surface area contributed by atoms with Crippen LogP contribution >= 0.6 is 11.6 Å². The number of halogens is 1. The van der Waals surface area contributed by atoms with E-state index < -0.39 is 0 Å². The molecule has 2 aromatic heterocycles. The minimum atomic E-state index is 0.200. The van der Waals surface area contributed by atoms with Crippen LogP contribution < -0.4 is 4.74 Å². The Bertz CT molecular complexity index is 772. The molecule has 5 heteroatoms. The van der Waals surface area contributed by atoms with Crippen molar-refractivity contribution >= 4 is 11.6 Å². The fraction of sp³-hybridized carbons (Fsp3) is 0.300. The van der Waals surface area contributed by atoms with E-state index in [0.717, 1.165) is 41.2 Å². The Morgan fingerprint density at radius 3 is 2.68 bits per heavy atom. The van der Waals surface area contributed by atoms with Crippen LogP contribution in [0.4, 0.5) is 0 Å². The van der Waals surface area contributed by atoms with Crippen molar-refractivity contribution in [3.63, 3.8) is 0 Å². The predicted molar refractivity (Wildman–Crippen MR) is 99.9 cm³/mol. The van der Waals surface area contributed by atoms with Gasteiger partial charge in [-0.15, -0.1) is 0 Å². The summed E-state index contributed by atoms with van der Waals surface area (Å²) in [6, 6.07) is 9.94. The van der Waals surface area contributed by atoms with Gasteiger partial charge in [-0.2, -0.15) is 0 Å². The highest BCUT2D eigenvalue weighted by atomic mass is 35.5. The second kappa shape index (κ2) is 8.67. The Balaban J connectivity index is 1.81. The Hall–Kier alpha value is -2.33. The highest BCUT2D eigenvalue weighted by Gasteiger charge is 2.17. The molecule has 3 aromatic rings. The highest BCUT2D eigenvalue weighted by Crippen LogP contribution is 2.31. The van der Waals surface area contributed by atoms with E-state index in [1.54, 1.807) is 6.20 Å². The zero-order valence-electron chi connectivity index (χ0n) is 14.3. The van der Waals surface area contributed by atoms with E-state index >= 15 is 0 Å². The minimum absolute atomic E-state index is 0.200. The topological polar surface area (TPSA) is 39.9 Å². The number of pyridine rings is 1. The second-order valence-corrected chi connectivity index (χ2v) is 6.43. The summed E-state index contributed by atoms with van der Waals surface area (Å²) >= 11 is 5.94. The van der Waals surface area contributed by atoms with Gasteiger partial charge in [-0.25, -0.2) is 4.98 Å². The maximum absolute atomic E-state index is 6.08. The highest BCUT2D eigenvalue weighted by molar-refractivity contribution is 6.30. The van der Waals surface area contributed by atoms with Crippen molar-refractivity contribution in [1.82, 2.24) is 14.5 Å². The van der Waals surface area contributed by atoms with Gasteiger partial charge < -0.3 is 9.30 Å². The van der Waals surface area contributed by atoms with Gasteiger partial charge in [-0.1, -0.05) is 43.5 Å². The van der Waals surface area contributed by atoms with Crippen molar-refractivity contribution in [2.75, 3.05) is 0 Å². The standard InChI is InChI=1S/C20H22ClN3O/c1-2-3-4-19(24-12-11-23-15-24)18-9-10-22-13-20(18)25-14-16-5-7-17(21)8-6-16/h5-13,15,19H,2-4,14H2,1H3. The van der Waals surface area contributed by atoms with E-state index in [2.05, 4.69) is 21.5 Å². The first-order valence-corrected chi connectivity index (χ1v) is 8.94. The molecule has 3 rings (SSSR count). The number of aromatic nitrogens is 3. The van der Waals surface area contributed by atoms with E-state index in [9.17, 15) is 0 Å². The molecule has 0 aliphatic rings. The molecule has 0 saturated heterocycles. The van der Waals surface area contributed by atoms with Crippen LogP contribution in [0.3, 0.4) is 0 Å². The Morgan fingerprint density at radius 1 is 1.12 bits per heavy atom. The molecule has 1 atom stereocenters. The molecule has 2 heterocycles. The molecule has 0 spiro atoms. The lowest BCUT2D eigenvalue weighted by molar-refractivity contribution is 0.297. The summed E-state index contributed by atoms with van der Waals surface area (Å²) in [5, 5.41) is 0.727. The van der Waals surface area contributed by atoms with Crippen LogP contribution in [-0.4, -0.2) is 14.5 Å². The Labute approximate surface area is 153 Å². The van der Waals surface area contributed by atoms with Gasteiger partial charge in [-0.05, 0) is 30.2 Å². The number of benzene rings is 1. The second-order valence-electron chi connectivity index (χ2n) is 6.00. The maximum Gasteiger partial charge on any atom is 0.143 e. The summed E-state index contributed by atoms with van der Waals surface area (Å²) in [4.78, 5) is 8.45. The lowest BCUT2D eigenvalue weighted by atomic mass is 10.0. The largest absolute Gasteiger partial charge is 0.487 e. The third kappa shape index (κ3) is 4.60. The van der Waals surface area contributed by atoms with Gasteiger partial charge in [0.15, 0.2) is 0 Å². The van der Waals surface area contributed by atoms with Crippen LogP contribution in [0.25, 0.3) is 0 Å². The molecule has 1 aromatic carbocycles. The summed E-state index contributed by atoms with van der Waals surface area (Å²) in [7, 11) is 0. The molecule has 1 unspecified atom stereocenters. The zero-order chi connectivity index (χ0) is 17.5. The van der Waals surface area contributed by atoms with E-state index in [0.29, 0.717) is 6.61 Å². The molecule has 0 N–H and O–H groups in total. The third-order valence-electron chi connectivity index (χ3n) is 4.20. The first-order chi connectivity index (χ1) is 12.3. The molecule has 0 saturated carbocycles. The zero-order valence-corrected chi connectivity index (χ0v) is 15.1. The molecule has 130 valence electrons. The van der Waals surface area contributed by atoms with Crippen molar-refractivity contribution < 1.29 is 4.74 Å². The van der Waals surface area contributed by atoms with Crippen LogP contribution in [0.5, 0.6) is 5.75 Å². The molecule has 4 nitrogen and oxygen atoms in total. The molecule has 0 amide bonds. The van der Waals surface area contributed by atoms with E-state index in [4.69, 9.17) is 16.3 Å². The van der Waals surface area contributed by atoms with E-state index in [-0.39, 0.29) is 6.04 Å². The Morgan fingerprint density at radius 2 is 1.96 bits per heavy atom. The summed E-state index contributed by atoms with van der Waals surface area (Å²) in [5.74, 6) is 0.812. The molecule has 0 bridgehead atoms. The third-order valence-corrected chi connectivity index (χ3v) is 4.45. The number of rotatable bonds is 8. The van der Waals surface area contributed by atoms with Crippen molar-refractivity contribution in [2.45, 2.75) is 38.8 Å². The molecule has 0 fully saturated rings. The van der Waals surface area contributed by atoms with E-state index in [1.807, 2.05) is 55.2 Å². The monoisotopic (exact) mass is 355 g/mol. The van der Waals surface area contributed by atoms with Crippen LogP contribution in [0.15, 0.2) is 61.4 Å². The van der Waals surface area contributed by atoms with Gasteiger partial charge in [0.05, 0.1) is 18.6 Å². The van der Waals surface area contributed by atoms with Crippen molar-refractivity contribution in [2.24, 2.45) is 0 Å². The van der Waals surface area contributed by atoms with Gasteiger partial charge in [-0.3, -0.25) is 4.98 Å². The van der Waals surface area contributed by atoms with Crippen LogP contribution in [0.2, 0.25) is 5.02 Å². The number of imidazole rings is 1. The van der Waals surface area contributed by atoms with Crippen LogP contribution in [0, 0.1) is 0 Å². The van der Waals surface area contributed by atoms with Crippen molar-refractivity contribution in [3.8, 4) is 5.75 Å². The normalized spacial score (nSPS) is 12.1. The first-order valence-electron chi connectivity index (χ1n) is 8.56. The molecule has 25 heavy (non-hydrogen) atoms. The number of ether oxygens (including phenoxy) is 1. The van der Waals surface area contributed by atoms with Crippen molar-refractivity contribution in [3.05, 3.63) is 77.6 Å². The molecule has 0 aliphatic carbocycles. The smallest absolute Gasteiger partial charge is 0.143 e. The average Bonchev–Trinajstić information content (AvgIpc) is 3.17. The number of hydrogen-bond donors (Lipinski definition) is 0. The lowest BCUT2D eigenvalue weighted by Gasteiger charge is -2.21. The first kappa shape index (κ1) is 17.5. The van der Waals surface area contributed by atoms with Gasteiger partial charge in [0.25, 0.3) is 0 Å². The lowest BCUT2D eigenvalue weighted by Crippen LogP contribution is -2.11. The van der Waals surface area contributed by atoms with Crippen LogP contribution in [0.1, 0.15) is 43.4 Å². The fourth-order valence-electron chi connectivity index (χ4n) is 2.84.